The van der Waals surface area contributed by atoms with Gasteiger partial charge in [-0.2, -0.15) is 0 Å². The summed E-state index contributed by atoms with van der Waals surface area (Å²) in [6, 6.07) is 6.81. The second kappa shape index (κ2) is 5.14. The number of hydrogen-bond donors (Lipinski definition) is 2. The molecule has 1 aromatic heterocycles. The van der Waals surface area contributed by atoms with Crippen LogP contribution in [0.2, 0.25) is 0 Å². The van der Waals surface area contributed by atoms with E-state index in [1.54, 1.807) is 30.5 Å². The average Bonchev–Trinajstić information content (AvgIpc) is 2.33. The van der Waals surface area contributed by atoms with Crippen LogP contribution in [0, 0.1) is 0 Å². The van der Waals surface area contributed by atoms with E-state index in [1.807, 2.05) is 6.92 Å². The van der Waals surface area contributed by atoms with Crippen LogP contribution in [0.1, 0.15) is 6.92 Å². The third kappa shape index (κ3) is 2.74. The van der Waals surface area contributed by atoms with Crippen LogP contribution < -0.4 is 5.32 Å². The Kier molecular flexibility index (Phi) is 3.58. The SMILES string of the molecule is CCNc1nc(-c2ccc(O)cc2)ncc1Br. The van der Waals surface area contributed by atoms with Crippen LogP contribution in [0.4, 0.5) is 5.82 Å². The number of aromatic nitrogens is 2. The van der Waals surface area contributed by atoms with E-state index in [2.05, 4.69) is 31.2 Å². The Bertz CT molecular complexity index is 514. The van der Waals surface area contributed by atoms with E-state index in [-0.39, 0.29) is 5.75 Å². The molecule has 2 rings (SSSR count). The number of anilines is 1. The molecular weight excluding hydrogens is 282 g/mol. The summed E-state index contributed by atoms with van der Waals surface area (Å²) in [7, 11) is 0. The van der Waals surface area contributed by atoms with Crippen molar-refractivity contribution in [3.05, 3.63) is 34.9 Å². The number of rotatable bonds is 3. The van der Waals surface area contributed by atoms with Crippen LogP contribution in [-0.2, 0) is 0 Å². The Morgan fingerprint density at radius 2 is 2.00 bits per heavy atom. The predicted molar refractivity (Wildman–Crippen MR) is 71.0 cm³/mol. The van der Waals surface area contributed by atoms with Crippen molar-refractivity contribution in [1.82, 2.24) is 9.97 Å². The molecule has 0 aliphatic heterocycles. The Hall–Kier alpha value is -1.62. The fourth-order valence-electron chi connectivity index (χ4n) is 1.41. The number of phenolic OH excluding ortho intramolecular Hbond substituents is 1. The summed E-state index contributed by atoms with van der Waals surface area (Å²) in [6.45, 7) is 2.80. The molecular formula is C12H12BrN3O. The lowest BCUT2D eigenvalue weighted by molar-refractivity contribution is 0.475. The highest BCUT2D eigenvalue weighted by atomic mass is 79.9. The fraction of sp³-hybridized carbons (Fsp3) is 0.167. The molecule has 0 atom stereocenters. The number of nitrogens with zero attached hydrogens (tertiary/aromatic N) is 2. The second-order valence-corrected chi connectivity index (χ2v) is 4.32. The topological polar surface area (TPSA) is 58.0 Å². The molecule has 0 saturated carbocycles. The largest absolute Gasteiger partial charge is 0.508 e. The van der Waals surface area contributed by atoms with Crippen molar-refractivity contribution in [2.75, 3.05) is 11.9 Å². The molecule has 2 N–H and O–H groups in total. The van der Waals surface area contributed by atoms with E-state index >= 15 is 0 Å². The van der Waals surface area contributed by atoms with Gasteiger partial charge in [0.15, 0.2) is 5.82 Å². The van der Waals surface area contributed by atoms with Crippen LogP contribution in [0.3, 0.4) is 0 Å². The minimum absolute atomic E-state index is 0.234. The maximum Gasteiger partial charge on any atom is 0.161 e. The molecule has 17 heavy (non-hydrogen) atoms. The quantitative estimate of drug-likeness (QED) is 0.913. The maximum absolute atomic E-state index is 9.23. The van der Waals surface area contributed by atoms with Crippen LogP contribution in [0.5, 0.6) is 5.75 Å². The molecule has 1 aromatic carbocycles. The highest BCUT2D eigenvalue weighted by Crippen LogP contribution is 2.24. The van der Waals surface area contributed by atoms with Gasteiger partial charge in [0.25, 0.3) is 0 Å². The van der Waals surface area contributed by atoms with Crippen molar-refractivity contribution >= 4 is 21.7 Å². The molecule has 0 bridgehead atoms. The molecule has 0 fully saturated rings. The van der Waals surface area contributed by atoms with Crippen molar-refractivity contribution in [1.29, 1.82) is 0 Å². The molecule has 0 unspecified atom stereocenters. The van der Waals surface area contributed by atoms with Crippen LogP contribution >= 0.6 is 15.9 Å². The van der Waals surface area contributed by atoms with Crippen molar-refractivity contribution in [2.45, 2.75) is 6.92 Å². The number of phenols is 1. The first-order valence-corrected chi connectivity index (χ1v) is 6.06. The standard InChI is InChI=1S/C12H12BrN3O/c1-2-14-12-10(13)7-15-11(16-12)8-3-5-9(17)6-4-8/h3-7,17H,2H2,1H3,(H,14,15,16). The fourth-order valence-corrected chi connectivity index (χ4v) is 1.74. The summed E-state index contributed by atoms with van der Waals surface area (Å²) in [5, 5.41) is 12.4. The Morgan fingerprint density at radius 3 is 2.65 bits per heavy atom. The highest BCUT2D eigenvalue weighted by Gasteiger charge is 2.06. The number of aromatic hydroxyl groups is 1. The van der Waals surface area contributed by atoms with Crippen molar-refractivity contribution in [3.63, 3.8) is 0 Å². The van der Waals surface area contributed by atoms with Gasteiger partial charge in [-0.3, -0.25) is 0 Å². The lowest BCUT2D eigenvalue weighted by atomic mass is 10.2. The Labute approximate surface area is 108 Å². The number of nitrogens with one attached hydrogen (secondary N) is 1. The molecule has 4 nitrogen and oxygen atoms in total. The first-order valence-electron chi connectivity index (χ1n) is 5.26. The number of hydrogen-bond acceptors (Lipinski definition) is 4. The lowest BCUT2D eigenvalue weighted by Crippen LogP contribution is -2.02. The van der Waals surface area contributed by atoms with Crippen LogP contribution in [-0.4, -0.2) is 21.6 Å². The van der Waals surface area contributed by atoms with Crippen molar-refractivity contribution < 1.29 is 5.11 Å². The highest BCUT2D eigenvalue weighted by molar-refractivity contribution is 9.10. The van der Waals surface area contributed by atoms with Crippen molar-refractivity contribution in [3.8, 4) is 17.1 Å². The van der Waals surface area contributed by atoms with Crippen LogP contribution in [0.25, 0.3) is 11.4 Å². The van der Waals surface area contributed by atoms with Gasteiger partial charge in [-0.15, -0.1) is 0 Å². The zero-order valence-corrected chi connectivity index (χ0v) is 10.9. The van der Waals surface area contributed by atoms with Gasteiger partial charge in [0.05, 0.1) is 4.47 Å². The molecule has 0 spiro atoms. The van der Waals surface area contributed by atoms with Gasteiger partial charge >= 0.3 is 0 Å². The van der Waals surface area contributed by atoms with Gasteiger partial charge in [-0.05, 0) is 47.1 Å². The van der Waals surface area contributed by atoms with E-state index in [1.165, 1.54) is 0 Å². The summed E-state index contributed by atoms with van der Waals surface area (Å²) < 4.78 is 0.835. The van der Waals surface area contributed by atoms with E-state index < -0.39 is 0 Å². The van der Waals surface area contributed by atoms with E-state index in [0.717, 1.165) is 22.4 Å². The van der Waals surface area contributed by atoms with Gasteiger partial charge < -0.3 is 10.4 Å². The first-order chi connectivity index (χ1) is 8.20. The van der Waals surface area contributed by atoms with E-state index in [9.17, 15) is 5.11 Å². The van der Waals surface area contributed by atoms with Crippen LogP contribution in [0.15, 0.2) is 34.9 Å². The van der Waals surface area contributed by atoms with E-state index in [4.69, 9.17) is 0 Å². The molecule has 0 radical (unpaired) electrons. The molecule has 2 aromatic rings. The zero-order chi connectivity index (χ0) is 12.3. The molecule has 88 valence electrons. The summed E-state index contributed by atoms with van der Waals surface area (Å²) in [5.41, 5.74) is 0.870. The molecule has 1 heterocycles. The molecule has 0 saturated heterocycles. The Morgan fingerprint density at radius 1 is 1.29 bits per heavy atom. The van der Waals surface area contributed by atoms with Gasteiger partial charge in [-0.25, -0.2) is 9.97 Å². The smallest absolute Gasteiger partial charge is 0.161 e. The third-order valence-electron chi connectivity index (χ3n) is 2.21. The minimum Gasteiger partial charge on any atom is -0.508 e. The summed E-state index contributed by atoms with van der Waals surface area (Å²) in [5.74, 6) is 1.63. The Balaban J connectivity index is 2.39. The number of benzene rings is 1. The number of halogens is 1. The molecule has 0 aliphatic rings. The zero-order valence-electron chi connectivity index (χ0n) is 9.31. The molecule has 5 heteroatoms. The predicted octanol–water partition coefficient (Wildman–Crippen LogP) is 3.04. The minimum atomic E-state index is 0.234. The summed E-state index contributed by atoms with van der Waals surface area (Å²) >= 11 is 3.39. The van der Waals surface area contributed by atoms with Gasteiger partial charge in [0, 0.05) is 18.3 Å². The summed E-state index contributed by atoms with van der Waals surface area (Å²) in [4.78, 5) is 8.65. The van der Waals surface area contributed by atoms with Crippen molar-refractivity contribution in [2.24, 2.45) is 0 Å². The van der Waals surface area contributed by atoms with Gasteiger partial charge in [0.1, 0.15) is 11.6 Å². The van der Waals surface area contributed by atoms with Gasteiger partial charge in [-0.1, -0.05) is 0 Å². The third-order valence-corrected chi connectivity index (χ3v) is 2.79. The van der Waals surface area contributed by atoms with E-state index in [0.29, 0.717) is 5.82 Å². The van der Waals surface area contributed by atoms with Gasteiger partial charge in [0.2, 0.25) is 0 Å². The molecule has 0 amide bonds. The monoisotopic (exact) mass is 293 g/mol. The maximum atomic E-state index is 9.23. The summed E-state index contributed by atoms with van der Waals surface area (Å²) in [6.07, 6.45) is 1.72. The normalized spacial score (nSPS) is 10.2. The second-order valence-electron chi connectivity index (χ2n) is 3.47. The molecule has 0 aliphatic carbocycles. The average molecular weight is 294 g/mol. The lowest BCUT2D eigenvalue weighted by Gasteiger charge is -2.07. The first kappa shape index (κ1) is 11.9.